The fourth-order valence-corrected chi connectivity index (χ4v) is 1.18. The second kappa shape index (κ2) is 5.83. The number of hydrogen-bond donors (Lipinski definition) is 1. The van der Waals surface area contributed by atoms with Crippen LogP contribution in [0.15, 0.2) is 16.5 Å². The zero-order chi connectivity index (χ0) is 10.0. The van der Waals surface area contributed by atoms with Crippen LogP contribution in [0, 0.1) is 0 Å². The molecule has 0 aromatic carbocycles. The Morgan fingerprint density at radius 3 is 1.71 bits per heavy atom. The van der Waals surface area contributed by atoms with Gasteiger partial charge in [-0.05, 0) is 12.1 Å². The van der Waals surface area contributed by atoms with E-state index < -0.39 is 5.97 Å². The van der Waals surface area contributed by atoms with Crippen LogP contribution in [0.2, 0.25) is 10.0 Å². The van der Waals surface area contributed by atoms with Gasteiger partial charge in [0, 0.05) is 6.92 Å². The summed E-state index contributed by atoms with van der Waals surface area (Å²) in [6.07, 6.45) is 0. The molecule has 2 bridgehead atoms. The molecule has 2 aromatic rings. The molecule has 2 heterocycles. The molecule has 0 unspecified atom stereocenters. The molecule has 0 aliphatic carbocycles. The number of carboxylic acid groups (broad SMARTS) is 1. The molecular weight excluding hydrogens is 238 g/mol. The van der Waals surface area contributed by atoms with Crippen molar-refractivity contribution in [3.05, 3.63) is 22.2 Å². The molecule has 0 spiro atoms. The van der Waals surface area contributed by atoms with Crippen LogP contribution in [-0.2, 0) is 4.79 Å². The number of carboxylic acids is 1. The summed E-state index contributed by atoms with van der Waals surface area (Å²) in [7, 11) is 0. The molecule has 72 valence electrons. The van der Waals surface area contributed by atoms with Crippen molar-refractivity contribution in [2.75, 3.05) is 0 Å². The first kappa shape index (κ1) is 14.1. The second-order valence-electron chi connectivity index (χ2n) is 2.31. The number of rotatable bonds is 0. The summed E-state index contributed by atoms with van der Waals surface area (Å²) in [5.74, 6) is -0.833. The molecule has 0 fully saturated rings. The molecule has 3 nitrogen and oxygen atoms in total. The number of benzene rings is 1. The third-order valence-electron chi connectivity index (χ3n) is 1.23. The van der Waals surface area contributed by atoms with Gasteiger partial charge < -0.3 is 9.52 Å². The Hall–Kier alpha value is 0.0700. The van der Waals surface area contributed by atoms with E-state index in [4.69, 9.17) is 37.5 Å². The SMILES string of the molecule is CC(=O)O.Clc1c(Cl)c2ccc1o2.[NaH]. The number of carbonyl (C=O) groups is 1. The molecule has 0 radical (unpaired) electrons. The third kappa shape index (κ3) is 3.33. The summed E-state index contributed by atoms with van der Waals surface area (Å²) in [6, 6.07) is 3.59. The zero-order valence-electron chi connectivity index (χ0n) is 6.67. The second-order valence-corrected chi connectivity index (χ2v) is 3.07. The predicted molar refractivity (Wildman–Crippen MR) is 57.9 cm³/mol. The van der Waals surface area contributed by atoms with Gasteiger partial charge in [-0.15, -0.1) is 0 Å². The van der Waals surface area contributed by atoms with Gasteiger partial charge in [-0.25, -0.2) is 0 Å². The first-order valence-corrected chi connectivity index (χ1v) is 4.13. The first-order valence-electron chi connectivity index (χ1n) is 3.37. The minimum atomic E-state index is -0.833. The fourth-order valence-electron chi connectivity index (χ4n) is 0.790. The van der Waals surface area contributed by atoms with E-state index in [1.807, 2.05) is 0 Å². The van der Waals surface area contributed by atoms with Crippen LogP contribution in [-0.4, -0.2) is 40.6 Å². The number of hydrogen-bond acceptors (Lipinski definition) is 2. The van der Waals surface area contributed by atoms with Crippen molar-refractivity contribution in [2.24, 2.45) is 0 Å². The van der Waals surface area contributed by atoms with Gasteiger partial charge in [0.25, 0.3) is 5.97 Å². The fraction of sp³-hybridized carbons (Fsp3) is 0.125. The number of furan rings is 2. The van der Waals surface area contributed by atoms with E-state index in [2.05, 4.69) is 0 Å². The van der Waals surface area contributed by atoms with Crippen molar-refractivity contribution in [1.29, 1.82) is 0 Å². The molecule has 0 aliphatic heterocycles. The van der Waals surface area contributed by atoms with Gasteiger partial charge in [0.05, 0.1) is 0 Å². The third-order valence-corrected chi connectivity index (χ3v) is 2.08. The molecule has 0 atom stereocenters. The van der Waals surface area contributed by atoms with Crippen molar-refractivity contribution < 1.29 is 14.3 Å². The van der Waals surface area contributed by atoms with Gasteiger partial charge in [0.15, 0.2) is 0 Å². The summed E-state index contributed by atoms with van der Waals surface area (Å²) < 4.78 is 5.08. The van der Waals surface area contributed by atoms with Gasteiger partial charge >= 0.3 is 29.6 Å². The van der Waals surface area contributed by atoms with Crippen LogP contribution in [0.25, 0.3) is 11.2 Å². The van der Waals surface area contributed by atoms with E-state index in [9.17, 15) is 0 Å². The van der Waals surface area contributed by atoms with E-state index >= 15 is 0 Å². The van der Waals surface area contributed by atoms with Gasteiger partial charge in [-0.3, -0.25) is 4.79 Å². The minimum absolute atomic E-state index is 0. The topological polar surface area (TPSA) is 50.4 Å². The van der Waals surface area contributed by atoms with Gasteiger partial charge in [-0.1, -0.05) is 23.2 Å². The van der Waals surface area contributed by atoms with Crippen molar-refractivity contribution >= 4 is 69.9 Å². The van der Waals surface area contributed by atoms with Crippen LogP contribution in [0.3, 0.4) is 0 Å². The van der Waals surface area contributed by atoms with Gasteiger partial charge in [0.2, 0.25) is 0 Å². The monoisotopic (exact) mass is 244 g/mol. The summed E-state index contributed by atoms with van der Waals surface area (Å²) >= 11 is 11.3. The van der Waals surface area contributed by atoms with Gasteiger partial charge in [0.1, 0.15) is 21.2 Å². The van der Waals surface area contributed by atoms with Crippen LogP contribution in [0.5, 0.6) is 0 Å². The molecule has 0 saturated carbocycles. The van der Waals surface area contributed by atoms with Crippen molar-refractivity contribution in [2.45, 2.75) is 6.92 Å². The van der Waals surface area contributed by atoms with Crippen LogP contribution in [0.4, 0.5) is 0 Å². The van der Waals surface area contributed by atoms with Crippen molar-refractivity contribution in [1.82, 2.24) is 0 Å². The Morgan fingerprint density at radius 1 is 1.29 bits per heavy atom. The molecule has 2 aromatic heterocycles. The molecule has 0 aliphatic rings. The maximum atomic E-state index is 9.00. The van der Waals surface area contributed by atoms with Crippen molar-refractivity contribution in [3.63, 3.8) is 0 Å². The number of aliphatic carboxylic acids is 1. The van der Waals surface area contributed by atoms with Crippen LogP contribution in [0.1, 0.15) is 6.92 Å². The summed E-state index contributed by atoms with van der Waals surface area (Å²) in [4.78, 5) is 9.00. The Morgan fingerprint density at radius 2 is 1.57 bits per heavy atom. The molecule has 1 N–H and O–H groups in total. The van der Waals surface area contributed by atoms with E-state index in [-0.39, 0.29) is 29.6 Å². The molecule has 6 heteroatoms. The molecule has 14 heavy (non-hydrogen) atoms. The molecule has 0 amide bonds. The van der Waals surface area contributed by atoms with E-state index in [1.165, 1.54) is 0 Å². The van der Waals surface area contributed by atoms with Gasteiger partial charge in [-0.2, -0.15) is 0 Å². The van der Waals surface area contributed by atoms with E-state index in [1.54, 1.807) is 12.1 Å². The molecular formula is C8H7Cl2NaO3. The average molecular weight is 245 g/mol. The summed E-state index contributed by atoms with van der Waals surface area (Å²) in [5, 5.41) is 8.46. The molecule has 2 rings (SSSR count). The summed E-state index contributed by atoms with van der Waals surface area (Å²) in [6.45, 7) is 1.08. The Bertz CT molecular complexity index is 378. The Kier molecular flexibility index (Phi) is 5.86. The predicted octanol–water partition coefficient (Wildman–Crippen LogP) is 2.62. The number of fused-ring (bicyclic) bond motifs is 2. The zero-order valence-corrected chi connectivity index (χ0v) is 8.19. The van der Waals surface area contributed by atoms with E-state index in [0.29, 0.717) is 21.2 Å². The quantitative estimate of drug-likeness (QED) is 0.725. The van der Waals surface area contributed by atoms with Crippen molar-refractivity contribution in [3.8, 4) is 0 Å². The standard InChI is InChI=1S/C6H2Cl2O.C2H4O2.Na.H/c7-5-3-1-2-4(9-3)6(5)8;1-2(3)4;;/h1-2H;1H3,(H,3,4);;. The van der Waals surface area contributed by atoms with Crippen LogP contribution < -0.4 is 0 Å². The normalized spacial score (nSPS) is 9.07. The number of halogens is 2. The first-order chi connectivity index (χ1) is 6.02. The maximum absolute atomic E-state index is 9.00. The van der Waals surface area contributed by atoms with E-state index in [0.717, 1.165) is 6.92 Å². The Labute approximate surface area is 113 Å². The van der Waals surface area contributed by atoms with Crippen LogP contribution >= 0.6 is 23.2 Å². The summed E-state index contributed by atoms with van der Waals surface area (Å²) in [5.41, 5.74) is 1.33. The average Bonchev–Trinajstić information content (AvgIpc) is 2.55. The molecule has 0 saturated heterocycles. The Balaban J connectivity index is 0.000000299.